The van der Waals surface area contributed by atoms with Crippen LogP contribution in [0.3, 0.4) is 0 Å². The summed E-state index contributed by atoms with van der Waals surface area (Å²) in [6.45, 7) is 5.80. The maximum atomic E-state index is 11.4. The molecule has 0 saturated carbocycles. The van der Waals surface area contributed by atoms with E-state index in [2.05, 4.69) is 24.2 Å². The Kier molecular flexibility index (Phi) is 6.31. The molecule has 0 unspecified atom stereocenters. The van der Waals surface area contributed by atoms with Crippen molar-refractivity contribution in [2.45, 2.75) is 26.9 Å². The van der Waals surface area contributed by atoms with Gasteiger partial charge in [-0.2, -0.15) is 0 Å². The fourth-order valence-corrected chi connectivity index (χ4v) is 1.22. The molecular formula is C11H20N4O3. The largest absolute Gasteiger partial charge is 0.462 e. The van der Waals surface area contributed by atoms with E-state index in [1.54, 1.807) is 6.20 Å². The number of esters is 1. The van der Waals surface area contributed by atoms with Gasteiger partial charge in [-0.15, -0.1) is 5.10 Å². The summed E-state index contributed by atoms with van der Waals surface area (Å²) in [7, 11) is 0. The summed E-state index contributed by atoms with van der Waals surface area (Å²) < 4.78 is 11.7. The number of hydrogen-bond acceptors (Lipinski definition) is 6. The lowest BCUT2D eigenvalue weighted by molar-refractivity contribution is -0.146. The van der Waals surface area contributed by atoms with E-state index in [4.69, 9.17) is 15.2 Å². The second-order valence-electron chi connectivity index (χ2n) is 4.30. The molecule has 0 aliphatic carbocycles. The SMILES string of the molecule is CC(C)COCCOC(=O)Cn1cc(CN)nn1. The van der Waals surface area contributed by atoms with Gasteiger partial charge in [0, 0.05) is 13.2 Å². The topological polar surface area (TPSA) is 92.3 Å². The fraction of sp³-hybridized carbons (Fsp3) is 0.727. The first-order valence-electron chi connectivity index (χ1n) is 5.94. The second kappa shape index (κ2) is 7.78. The minimum Gasteiger partial charge on any atom is -0.462 e. The molecular weight excluding hydrogens is 236 g/mol. The minimum atomic E-state index is -0.364. The molecule has 0 spiro atoms. The molecule has 102 valence electrons. The van der Waals surface area contributed by atoms with E-state index in [0.29, 0.717) is 31.4 Å². The van der Waals surface area contributed by atoms with Gasteiger partial charge >= 0.3 is 5.97 Å². The predicted molar refractivity (Wildman–Crippen MR) is 64.5 cm³/mol. The smallest absolute Gasteiger partial charge is 0.327 e. The molecule has 0 aromatic carbocycles. The Balaban J connectivity index is 2.13. The number of carbonyl (C=O) groups is 1. The van der Waals surface area contributed by atoms with E-state index in [1.807, 2.05) is 0 Å². The lowest BCUT2D eigenvalue weighted by atomic mass is 10.2. The Morgan fingerprint density at radius 1 is 1.50 bits per heavy atom. The first-order chi connectivity index (χ1) is 8.61. The maximum absolute atomic E-state index is 11.4. The van der Waals surface area contributed by atoms with Crippen LogP contribution in [0, 0.1) is 5.92 Å². The molecule has 0 atom stereocenters. The third-order valence-corrected chi connectivity index (χ3v) is 2.03. The van der Waals surface area contributed by atoms with Crippen LogP contribution in [0.15, 0.2) is 6.20 Å². The number of carbonyl (C=O) groups excluding carboxylic acids is 1. The molecule has 0 aliphatic heterocycles. The predicted octanol–water partition coefficient (Wildman–Crippen LogP) is -0.0474. The van der Waals surface area contributed by atoms with Crippen molar-refractivity contribution in [1.82, 2.24) is 15.0 Å². The van der Waals surface area contributed by atoms with Gasteiger partial charge in [0.15, 0.2) is 0 Å². The van der Waals surface area contributed by atoms with E-state index in [0.717, 1.165) is 0 Å². The molecule has 1 aromatic rings. The number of aromatic nitrogens is 3. The molecule has 18 heavy (non-hydrogen) atoms. The van der Waals surface area contributed by atoms with Gasteiger partial charge in [0.1, 0.15) is 13.2 Å². The van der Waals surface area contributed by atoms with Crippen LogP contribution in [-0.2, 0) is 27.4 Å². The number of rotatable bonds is 8. The highest BCUT2D eigenvalue weighted by atomic mass is 16.6. The van der Waals surface area contributed by atoms with Crippen LogP contribution >= 0.6 is 0 Å². The van der Waals surface area contributed by atoms with Crippen LogP contribution in [0.1, 0.15) is 19.5 Å². The Hall–Kier alpha value is -1.47. The number of nitrogens with two attached hydrogens (primary N) is 1. The quantitative estimate of drug-likeness (QED) is 0.518. The summed E-state index contributed by atoms with van der Waals surface area (Å²) in [6, 6.07) is 0. The molecule has 0 bridgehead atoms. The van der Waals surface area contributed by atoms with Crippen molar-refractivity contribution < 1.29 is 14.3 Å². The summed E-state index contributed by atoms with van der Waals surface area (Å²) >= 11 is 0. The number of hydrogen-bond donors (Lipinski definition) is 1. The van der Waals surface area contributed by atoms with Crippen molar-refractivity contribution in [3.8, 4) is 0 Å². The molecule has 0 amide bonds. The van der Waals surface area contributed by atoms with Gasteiger partial charge in [0.05, 0.1) is 18.5 Å². The zero-order valence-electron chi connectivity index (χ0n) is 10.8. The molecule has 0 fully saturated rings. The summed E-state index contributed by atoms with van der Waals surface area (Å²) in [6.07, 6.45) is 1.62. The highest BCUT2D eigenvalue weighted by Crippen LogP contribution is 1.94. The van der Waals surface area contributed by atoms with Crippen LogP contribution in [0.5, 0.6) is 0 Å². The Morgan fingerprint density at radius 3 is 2.89 bits per heavy atom. The van der Waals surface area contributed by atoms with Crippen molar-refractivity contribution >= 4 is 5.97 Å². The average Bonchev–Trinajstić information content (AvgIpc) is 2.76. The van der Waals surface area contributed by atoms with Crippen LogP contribution in [0.25, 0.3) is 0 Å². The van der Waals surface area contributed by atoms with Crippen molar-refractivity contribution in [2.24, 2.45) is 11.7 Å². The summed E-state index contributed by atoms with van der Waals surface area (Å²) in [5.74, 6) is 0.113. The molecule has 1 rings (SSSR count). The monoisotopic (exact) mass is 256 g/mol. The molecule has 1 aromatic heterocycles. The van der Waals surface area contributed by atoms with E-state index in [-0.39, 0.29) is 19.1 Å². The van der Waals surface area contributed by atoms with E-state index in [1.165, 1.54) is 4.68 Å². The van der Waals surface area contributed by atoms with Crippen LogP contribution in [-0.4, -0.2) is 40.8 Å². The molecule has 0 aliphatic rings. The second-order valence-corrected chi connectivity index (χ2v) is 4.30. The third kappa shape index (κ3) is 5.74. The van der Waals surface area contributed by atoms with Crippen molar-refractivity contribution in [3.63, 3.8) is 0 Å². The van der Waals surface area contributed by atoms with Crippen molar-refractivity contribution in [1.29, 1.82) is 0 Å². The van der Waals surface area contributed by atoms with Crippen LogP contribution in [0.4, 0.5) is 0 Å². The van der Waals surface area contributed by atoms with Gasteiger partial charge < -0.3 is 15.2 Å². The number of nitrogens with zero attached hydrogens (tertiary/aromatic N) is 3. The molecule has 1 heterocycles. The highest BCUT2D eigenvalue weighted by Gasteiger charge is 2.06. The normalized spacial score (nSPS) is 10.9. The first-order valence-corrected chi connectivity index (χ1v) is 5.94. The Morgan fingerprint density at radius 2 is 2.28 bits per heavy atom. The third-order valence-electron chi connectivity index (χ3n) is 2.03. The molecule has 7 heteroatoms. The lowest BCUT2D eigenvalue weighted by Crippen LogP contribution is -2.17. The molecule has 0 radical (unpaired) electrons. The standard InChI is InChI=1S/C11H20N4O3/c1-9(2)8-17-3-4-18-11(16)7-15-6-10(5-12)13-14-15/h6,9H,3-5,7-8,12H2,1-2H3. The van der Waals surface area contributed by atoms with Gasteiger partial charge in [-0.25, -0.2) is 4.68 Å². The Bertz CT molecular complexity index is 365. The lowest BCUT2D eigenvalue weighted by Gasteiger charge is -2.07. The van der Waals surface area contributed by atoms with E-state index in [9.17, 15) is 4.79 Å². The maximum Gasteiger partial charge on any atom is 0.327 e. The van der Waals surface area contributed by atoms with Gasteiger partial charge in [-0.05, 0) is 5.92 Å². The first kappa shape index (κ1) is 14.6. The minimum absolute atomic E-state index is 0.0389. The average molecular weight is 256 g/mol. The van der Waals surface area contributed by atoms with Crippen LogP contribution in [0.2, 0.25) is 0 Å². The van der Waals surface area contributed by atoms with Crippen molar-refractivity contribution in [2.75, 3.05) is 19.8 Å². The van der Waals surface area contributed by atoms with Gasteiger partial charge in [-0.1, -0.05) is 19.1 Å². The molecule has 2 N–H and O–H groups in total. The van der Waals surface area contributed by atoms with E-state index >= 15 is 0 Å². The Labute approximate surface area is 106 Å². The number of ether oxygens (including phenoxy) is 2. The summed E-state index contributed by atoms with van der Waals surface area (Å²) in [5, 5.41) is 7.52. The van der Waals surface area contributed by atoms with E-state index < -0.39 is 0 Å². The molecule has 0 saturated heterocycles. The summed E-state index contributed by atoms with van der Waals surface area (Å²) in [5.41, 5.74) is 6.03. The van der Waals surface area contributed by atoms with Gasteiger partial charge in [0.2, 0.25) is 0 Å². The van der Waals surface area contributed by atoms with Gasteiger partial charge in [-0.3, -0.25) is 4.79 Å². The van der Waals surface area contributed by atoms with Gasteiger partial charge in [0.25, 0.3) is 0 Å². The zero-order chi connectivity index (χ0) is 13.4. The van der Waals surface area contributed by atoms with Crippen molar-refractivity contribution in [3.05, 3.63) is 11.9 Å². The highest BCUT2D eigenvalue weighted by molar-refractivity contribution is 5.68. The summed E-state index contributed by atoms with van der Waals surface area (Å²) in [4.78, 5) is 11.4. The zero-order valence-corrected chi connectivity index (χ0v) is 10.8. The fourth-order valence-electron chi connectivity index (χ4n) is 1.22. The molecule has 7 nitrogen and oxygen atoms in total. The van der Waals surface area contributed by atoms with Crippen LogP contribution < -0.4 is 5.73 Å².